The van der Waals surface area contributed by atoms with E-state index in [0.29, 0.717) is 12.5 Å². The van der Waals surface area contributed by atoms with E-state index in [4.69, 9.17) is 0 Å². The zero-order chi connectivity index (χ0) is 16.9. The minimum Gasteiger partial charge on any atom is -0.322 e. The van der Waals surface area contributed by atoms with E-state index in [2.05, 4.69) is 5.32 Å². The smallest absolute Gasteiger partial charge is 0.239 e. The number of carbonyl (C=O) groups is 1. The molecule has 0 saturated carbocycles. The quantitative estimate of drug-likeness (QED) is 0.831. The summed E-state index contributed by atoms with van der Waals surface area (Å²) >= 11 is 0. The van der Waals surface area contributed by atoms with Gasteiger partial charge >= 0.3 is 0 Å². The summed E-state index contributed by atoms with van der Waals surface area (Å²) in [4.78, 5) is 11.9. The van der Waals surface area contributed by atoms with Gasteiger partial charge in [0.1, 0.15) is 11.6 Å². The molecule has 124 valence electrons. The second-order valence-corrected chi connectivity index (χ2v) is 7.43. The standard InChI is InChI=1S/C14H20F2N2O3S/c1-10(2)6-7-18(22(3,20)21)9-14(19)17-13-5-4-11(15)8-12(13)16/h4-5,8,10H,6-7,9H2,1-3H3,(H,17,19). The number of carbonyl (C=O) groups excluding carboxylic acids is 1. The Kier molecular flexibility index (Phi) is 6.43. The summed E-state index contributed by atoms with van der Waals surface area (Å²) in [6.45, 7) is 3.67. The van der Waals surface area contributed by atoms with Gasteiger partial charge in [-0.05, 0) is 24.5 Å². The zero-order valence-electron chi connectivity index (χ0n) is 12.8. The van der Waals surface area contributed by atoms with Crippen LogP contribution < -0.4 is 5.32 Å². The molecule has 1 aromatic rings. The fourth-order valence-electron chi connectivity index (χ4n) is 1.71. The molecule has 22 heavy (non-hydrogen) atoms. The van der Waals surface area contributed by atoms with Crippen molar-refractivity contribution in [1.29, 1.82) is 0 Å². The van der Waals surface area contributed by atoms with Gasteiger partial charge in [0.15, 0.2) is 0 Å². The zero-order valence-corrected chi connectivity index (χ0v) is 13.6. The average molecular weight is 334 g/mol. The van der Waals surface area contributed by atoms with Crippen LogP contribution in [0.2, 0.25) is 0 Å². The molecule has 1 aromatic carbocycles. The van der Waals surface area contributed by atoms with Crippen molar-refractivity contribution in [2.24, 2.45) is 5.92 Å². The van der Waals surface area contributed by atoms with Crippen molar-refractivity contribution in [3.63, 3.8) is 0 Å². The normalized spacial score (nSPS) is 12.0. The molecule has 0 bridgehead atoms. The number of hydrogen-bond acceptors (Lipinski definition) is 3. The van der Waals surface area contributed by atoms with Gasteiger partial charge in [0, 0.05) is 12.6 Å². The highest BCUT2D eigenvalue weighted by molar-refractivity contribution is 7.88. The van der Waals surface area contributed by atoms with E-state index in [-0.39, 0.29) is 18.2 Å². The van der Waals surface area contributed by atoms with Gasteiger partial charge in [-0.25, -0.2) is 17.2 Å². The van der Waals surface area contributed by atoms with E-state index in [1.54, 1.807) is 0 Å². The molecule has 0 saturated heterocycles. The maximum atomic E-state index is 13.4. The SMILES string of the molecule is CC(C)CCN(CC(=O)Nc1ccc(F)cc1F)S(C)(=O)=O. The number of halogens is 2. The second kappa shape index (κ2) is 7.64. The molecule has 1 N–H and O–H groups in total. The lowest BCUT2D eigenvalue weighted by molar-refractivity contribution is -0.116. The van der Waals surface area contributed by atoms with Crippen LogP contribution in [0.1, 0.15) is 20.3 Å². The summed E-state index contributed by atoms with van der Waals surface area (Å²) in [5, 5.41) is 2.24. The largest absolute Gasteiger partial charge is 0.322 e. The molecule has 0 unspecified atom stereocenters. The molecule has 0 atom stereocenters. The molecular formula is C14H20F2N2O3S. The molecule has 0 fully saturated rings. The van der Waals surface area contributed by atoms with Gasteiger partial charge in [0.25, 0.3) is 0 Å². The van der Waals surface area contributed by atoms with Gasteiger partial charge in [0.05, 0.1) is 18.5 Å². The van der Waals surface area contributed by atoms with Gasteiger partial charge in [-0.1, -0.05) is 13.8 Å². The average Bonchev–Trinajstić information content (AvgIpc) is 2.36. The van der Waals surface area contributed by atoms with E-state index < -0.39 is 34.1 Å². The number of sulfonamides is 1. The van der Waals surface area contributed by atoms with Gasteiger partial charge in [0.2, 0.25) is 15.9 Å². The van der Waals surface area contributed by atoms with Crippen LogP contribution in [0, 0.1) is 17.6 Å². The molecule has 0 aliphatic carbocycles. The highest BCUT2D eigenvalue weighted by Gasteiger charge is 2.20. The van der Waals surface area contributed by atoms with Crippen molar-refractivity contribution in [3.8, 4) is 0 Å². The number of rotatable bonds is 7. The number of amides is 1. The summed E-state index contributed by atoms with van der Waals surface area (Å²) < 4.78 is 50.6. The molecule has 0 aromatic heterocycles. The van der Waals surface area contributed by atoms with Crippen LogP contribution in [0.25, 0.3) is 0 Å². The van der Waals surface area contributed by atoms with Crippen molar-refractivity contribution < 1.29 is 22.0 Å². The number of nitrogens with zero attached hydrogens (tertiary/aromatic N) is 1. The van der Waals surface area contributed by atoms with Gasteiger partial charge in [-0.15, -0.1) is 0 Å². The Labute approximate surface area is 129 Å². The monoisotopic (exact) mass is 334 g/mol. The molecule has 0 aliphatic heterocycles. The topological polar surface area (TPSA) is 66.5 Å². The van der Waals surface area contributed by atoms with Gasteiger partial charge < -0.3 is 5.32 Å². The molecule has 8 heteroatoms. The highest BCUT2D eigenvalue weighted by Crippen LogP contribution is 2.15. The lowest BCUT2D eigenvalue weighted by atomic mass is 10.1. The summed E-state index contributed by atoms with van der Waals surface area (Å²) in [6.07, 6.45) is 1.62. The summed E-state index contributed by atoms with van der Waals surface area (Å²) in [7, 11) is -3.55. The summed E-state index contributed by atoms with van der Waals surface area (Å²) in [6, 6.07) is 2.73. The first-order valence-corrected chi connectivity index (χ1v) is 8.64. The Balaban J connectivity index is 2.74. The summed E-state index contributed by atoms with van der Waals surface area (Å²) in [5.74, 6) is -2.08. The molecule has 1 amide bonds. The molecule has 0 radical (unpaired) electrons. The number of nitrogens with one attached hydrogen (secondary N) is 1. The van der Waals surface area contributed by atoms with E-state index in [9.17, 15) is 22.0 Å². The van der Waals surface area contributed by atoms with E-state index in [1.807, 2.05) is 13.8 Å². The van der Waals surface area contributed by atoms with Crippen LogP contribution in [0.5, 0.6) is 0 Å². The molecule has 0 heterocycles. The Bertz CT molecular complexity index is 633. The molecule has 0 spiro atoms. The number of benzene rings is 1. The van der Waals surface area contributed by atoms with Crippen LogP contribution >= 0.6 is 0 Å². The third kappa shape index (κ3) is 6.07. The third-order valence-electron chi connectivity index (χ3n) is 2.95. The fourth-order valence-corrected chi connectivity index (χ4v) is 2.49. The first kappa shape index (κ1) is 18.5. The summed E-state index contributed by atoms with van der Waals surface area (Å²) in [5.41, 5.74) is -0.191. The van der Waals surface area contributed by atoms with Crippen molar-refractivity contribution >= 4 is 21.6 Å². The lowest BCUT2D eigenvalue weighted by Gasteiger charge is -2.20. The van der Waals surface area contributed by atoms with Crippen molar-refractivity contribution in [1.82, 2.24) is 4.31 Å². The Morgan fingerprint density at radius 3 is 2.45 bits per heavy atom. The predicted molar refractivity (Wildman–Crippen MR) is 80.9 cm³/mol. The maximum Gasteiger partial charge on any atom is 0.239 e. The minimum absolute atomic E-state index is 0.191. The molecule has 5 nitrogen and oxygen atoms in total. The first-order chi connectivity index (χ1) is 10.1. The first-order valence-electron chi connectivity index (χ1n) is 6.79. The fraction of sp³-hybridized carbons (Fsp3) is 0.500. The third-order valence-corrected chi connectivity index (χ3v) is 4.20. The van der Waals surface area contributed by atoms with Crippen molar-refractivity contribution in [2.45, 2.75) is 20.3 Å². The second-order valence-electron chi connectivity index (χ2n) is 5.45. The van der Waals surface area contributed by atoms with Crippen molar-refractivity contribution in [3.05, 3.63) is 29.8 Å². The van der Waals surface area contributed by atoms with Crippen LogP contribution in [0.15, 0.2) is 18.2 Å². The van der Waals surface area contributed by atoms with Gasteiger partial charge in [-0.2, -0.15) is 4.31 Å². The number of anilines is 1. The maximum absolute atomic E-state index is 13.4. The van der Waals surface area contributed by atoms with Crippen LogP contribution in [-0.4, -0.2) is 38.0 Å². The Morgan fingerprint density at radius 1 is 1.32 bits per heavy atom. The lowest BCUT2D eigenvalue weighted by Crippen LogP contribution is -2.38. The van der Waals surface area contributed by atoms with E-state index >= 15 is 0 Å². The van der Waals surface area contributed by atoms with Crippen LogP contribution in [-0.2, 0) is 14.8 Å². The molecule has 0 aliphatic rings. The van der Waals surface area contributed by atoms with E-state index in [1.165, 1.54) is 0 Å². The predicted octanol–water partition coefficient (Wildman–Crippen LogP) is 2.21. The highest BCUT2D eigenvalue weighted by atomic mass is 32.2. The Hall–Kier alpha value is -1.54. The minimum atomic E-state index is -3.55. The van der Waals surface area contributed by atoms with Gasteiger partial charge in [-0.3, -0.25) is 4.79 Å². The van der Waals surface area contributed by atoms with E-state index in [0.717, 1.165) is 22.7 Å². The van der Waals surface area contributed by atoms with Crippen LogP contribution in [0.4, 0.5) is 14.5 Å². The van der Waals surface area contributed by atoms with Crippen LogP contribution in [0.3, 0.4) is 0 Å². The molecular weight excluding hydrogens is 314 g/mol. The molecule has 1 rings (SSSR count). The number of hydrogen-bond donors (Lipinski definition) is 1. The van der Waals surface area contributed by atoms with Crippen molar-refractivity contribution in [2.75, 3.05) is 24.7 Å². The Morgan fingerprint density at radius 2 is 1.95 bits per heavy atom.